The molecule has 5 heteroatoms. The van der Waals surface area contributed by atoms with Crippen LogP contribution in [-0.2, 0) is 10.8 Å². The lowest BCUT2D eigenvalue weighted by Gasteiger charge is -2.01. The first-order valence-corrected chi connectivity index (χ1v) is 5.01. The molecule has 3 N–H and O–H groups in total. The maximum absolute atomic E-state index is 12.9. The van der Waals surface area contributed by atoms with Gasteiger partial charge in [-0.05, 0) is 18.2 Å². The summed E-state index contributed by atoms with van der Waals surface area (Å²) in [4.78, 5) is 0.348. The highest BCUT2D eigenvalue weighted by atomic mass is 32.2. The van der Waals surface area contributed by atoms with E-state index in [1.54, 1.807) is 0 Å². The Morgan fingerprint density at radius 1 is 1.54 bits per heavy atom. The van der Waals surface area contributed by atoms with Gasteiger partial charge in [0.05, 0.1) is 28.8 Å². The number of hydrogen-bond acceptors (Lipinski definition) is 3. The van der Waals surface area contributed by atoms with Gasteiger partial charge in [-0.2, -0.15) is 0 Å². The fourth-order valence-electron chi connectivity index (χ4n) is 0.850. The third-order valence-corrected chi connectivity index (χ3v) is 2.84. The van der Waals surface area contributed by atoms with Crippen molar-refractivity contribution in [3.05, 3.63) is 24.0 Å². The van der Waals surface area contributed by atoms with Crippen molar-refractivity contribution in [1.82, 2.24) is 0 Å². The number of aliphatic hydroxyl groups excluding tert-OH is 1. The Hall–Kier alpha value is -0.940. The van der Waals surface area contributed by atoms with Gasteiger partial charge in [-0.3, -0.25) is 4.21 Å². The second-order valence-corrected chi connectivity index (χ2v) is 4.03. The monoisotopic (exact) mass is 203 g/mol. The molecule has 0 aliphatic heterocycles. The Bertz CT molecular complexity index is 330. The van der Waals surface area contributed by atoms with E-state index in [1.807, 2.05) is 0 Å². The van der Waals surface area contributed by atoms with Gasteiger partial charge in [0.25, 0.3) is 0 Å². The van der Waals surface area contributed by atoms with Gasteiger partial charge in [-0.25, -0.2) is 4.39 Å². The molecule has 1 atom stereocenters. The van der Waals surface area contributed by atoms with E-state index in [-0.39, 0.29) is 18.0 Å². The van der Waals surface area contributed by atoms with E-state index in [9.17, 15) is 8.60 Å². The van der Waals surface area contributed by atoms with Crippen molar-refractivity contribution in [3.63, 3.8) is 0 Å². The summed E-state index contributed by atoms with van der Waals surface area (Å²) in [6.07, 6.45) is 0. The van der Waals surface area contributed by atoms with Crippen molar-refractivity contribution in [2.75, 3.05) is 18.1 Å². The van der Waals surface area contributed by atoms with Crippen LogP contribution in [0.15, 0.2) is 23.1 Å². The van der Waals surface area contributed by atoms with Gasteiger partial charge in [0, 0.05) is 4.90 Å². The molecule has 0 saturated heterocycles. The van der Waals surface area contributed by atoms with Gasteiger partial charge in [0.2, 0.25) is 0 Å². The fraction of sp³-hybridized carbons (Fsp3) is 0.250. The van der Waals surface area contributed by atoms with Crippen LogP contribution in [0.25, 0.3) is 0 Å². The van der Waals surface area contributed by atoms with Crippen LogP contribution in [0.4, 0.5) is 10.1 Å². The van der Waals surface area contributed by atoms with Crippen LogP contribution in [0.3, 0.4) is 0 Å². The largest absolute Gasteiger partial charge is 0.396 e. The molecule has 1 aromatic carbocycles. The fourth-order valence-corrected chi connectivity index (χ4v) is 1.71. The number of hydrogen-bond donors (Lipinski definition) is 2. The lowest BCUT2D eigenvalue weighted by Crippen LogP contribution is -2.03. The van der Waals surface area contributed by atoms with Crippen molar-refractivity contribution in [3.8, 4) is 0 Å². The van der Waals surface area contributed by atoms with Crippen molar-refractivity contribution in [2.45, 2.75) is 4.90 Å². The second kappa shape index (κ2) is 4.34. The van der Waals surface area contributed by atoms with E-state index in [2.05, 4.69) is 0 Å². The minimum atomic E-state index is -1.35. The lowest BCUT2D eigenvalue weighted by atomic mass is 10.3. The summed E-state index contributed by atoms with van der Waals surface area (Å²) in [5.74, 6) is -0.465. The third kappa shape index (κ3) is 2.50. The average molecular weight is 203 g/mol. The molecule has 0 aliphatic carbocycles. The number of rotatable bonds is 3. The molecule has 13 heavy (non-hydrogen) atoms. The Labute approximate surface area is 77.8 Å². The summed E-state index contributed by atoms with van der Waals surface area (Å²) >= 11 is 0. The zero-order valence-electron chi connectivity index (χ0n) is 6.87. The molecule has 1 unspecified atom stereocenters. The number of nitrogens with two attached hydrogens (primary N) is 1. The predicted octanol–water partition coefficient (Wildman–Crippen LogP) is 0.508. The van der Waals surface area contributed by atoms with Gasteiger partial charge in [0.15, 0.2) is 0 Å². The van der Waals surface area contributed by atoms with E-state index >= 15 is 0 Å². The zero-order chi connectivity index (χ0) is 9.84. The molecule has 0 saturated carbocycles. The van der Waals surface area contributed by atoms with Crippen molar-refractivity contribution in [1.29, 1.82) is 0 Å². The van der Waals surface area contributed by atoms with Gasteiger partial charge < -0.3 is 10.8 Å². The van der Waals surface area contributed by atoms with Crippen LogP contribution in [0.5, 0.6) is 0 Å². The Kier molecular flexibility index (Phi) is 3.39. The first kappa shape index (κ1) is 10.1. The Balaban J connectivity index is 2.90. The van der Waals surface area contributed by atoms with E-state index in [0.717, 1.165) is 6.07 Å². The second-order valence-electron chi connectivity index (χ2n) is 2.46. The molecule has 72 valence electrons. The third-order valence-electron chi connectivity index (χ3n) is 1.51. The molecular formula is C8H10FNO2S. The summed E-state index contributed by atoms with van der Waals surface area (Å²) in [7, 11) is -1.35. The van der Waals surface area contributed by atoms with E-state index in [1.165, 1.54) is 12.1 Å². The van der Waals surface area contributed by atoms with Crippen LogP contribution in [-0.4, -0.2) is 21.7 Å². The number of benzene rings is 1. The zero-order valence-corrected chi connectivity index (χ0v) is 7.68. The minimum Gasteiger partial charge on any atom is -0.396 e. The average Bonchev–Trinajstić information content (AvgIpc) is 2.10. The summed E-state index contributed by atoms with van der Waals surface area (Å²) in [6, 6.07) is 3.98. The number of anilines is 1. The van der Waals surface area contributed by atoms with Crippen molar-refractivity contribution < 1.29 is 13.7 Å². The van der Waals surface area contributed by atoms with Crippen molar-refractivity contribution in [2.24, 2.45) is 0 Å². The lowest BCUT2D eigenvalue weighted by molar-refractivity contribution is 0.321. The molecular weight excluding hydrogens is 193 g/mol. The summed E-state index contributed by atoms with van der Waals surface area (Å²) in [6.45, 7) is -0.182. The van der Waals surface area contributed by atoms with Gasteiger partial charge in [0.1, 0.15) is 5.82 Å². The molecule has 0 heterocycles. The Morgan fingerprint density at radius 3 is 2.77 bits per heavy atom. The van der Waals surface area contributed by atoms with Crippen LogP contribution in [0.1, 0.15) is 0 Å². The molecule has 0 bridgehead atoms. The standard InChI is InChI=1S/C8H10FNO2S/c9-7-5-6(1-2-8(7)10)13(12)4-3-11/h1-2,5,11H,3-4,10H2. The first-order chi connectivity index (χ1) is 6.15. The van der Waals surface area contributed by atoms with Gasteiger partial charge in [-0.1, -0.05) is 0 Å². The smallest absolute Gasteiger partial charge is 0.147 e. The summed E-state index contributed by atoms with van der Waals surface area (Å²) in [5.41, 5.74) is 5.27. The van der Waals surface area contributed by atoms with Crippen LogP contribution in [0, 0.1) is 5.82 Å². The maximum Gasteiger partial charge on any atom is 0.147 e. The quantitative estimate of drug-likeness (QED) is 0.703. The molecule has 1 aromatic rings. The SMILES string of the molecule is Nc1ccc(S(=O)CCO)cc1F. The van der Waals surface area contributed by atoms with E-state index in [4.69, 9.17) is 10.8 Å². The molecule has 3 nitrogen and oxygen atoms in total. The molecule has 1 rings (SSSR count). The summed E-state index contributed by atoms with van der Waals surface area (Å²) in [5, 5.41) is 8.51. The van der Waals surface area contributed by atoms with Crippen LogP contribution >= 0.6 is 0 Å². The summed E-state index contributed by atoms with van der Waals surface area (Å²) < 4.78 is 24.1. The first-order valence-electron chi connectivity index (χ1n) is 3.69. The molecule has 0 amide bonds. The molecule has 0 spiro atoms. The maximum atomic E-state index is 12.9. The van der Waals surface area contributed by atoms with Crippen LogP contribution < -0.4 is 5.73 Å². The Morgan fingerprint density at radius 2 is 2.23 bits per heavy atom. The number of nitrogen functional groups attached to an aromatic ring is 1. The minimum absolute atomic E-state index is 0.0322. The highest BCUT2D eigenvalue weighted by Crippen LogP contribution is 2.14. The topological polar surface area (TPSA) is 63.3 Å². The van der Waals surface area contributed by atoms with Crippen molar-refractivity contribution >= 4 is 16.5 Å². The normalized spacial score (nSPS) is 12.8. The van der Waals surface area contributed by atoms with Gasteiger partial charge >= 0.3 is 0 Å². The van der Waals surface area contributed by atoms with Crippen LogP contribution in [0.2, 0.25) is 0 Å². The van der Waals surface area contributed by atoms with E-state index < -0.39 is 16.6 Å². The molecule has 0 aliphatic rings. The molecule has 0 radical (unpaired) electrons. The number of halogens is 1. The highest BCUT2D eigenvalue weighted by Gasteiger charge is 2.05. The van der Waals surface area contributed by atoms with E-state index in [0.29, 0.717) is 4.90 Å². The van der Waals surface area contributed by atoms with Gasteiger partial charge in [-0.15, -0.1) is 0 Å². The molecule has 0 fully saturated rings. The predicted molar refractivity (Wildman–Crippen MR) is 49.2 cm³/mol. The number of aliphatic hydroxyl groups is 1. The molecule has 0 aromatic heterocycles. The highest BCUT2D eigenvalue weighted by molar-refractivity contribution is 7.85.